The van der Waals surface area contributed by atoms with E-state index in [2.05, 4.69) is 39.1 Å². The van der Waals surface area contributed by atoms with Gasteiger partial charge in [-0.15, -0.1) is 5.10 Å². The molecular weight excluding hydrogens is 375 g/mol. The molecule has 2 heterocycles. The van der Waals surface area contributed by atoms with E-state index in [0.717, 1.165) is 25.0 Å². The Morgan fingerprint density at radius 3 is 2.96 bits per heavy atom. The number of unbranched alkanes of at least 4 members (excludes halogenated alkanes) is 1. The highest BCUT2D eigenvalue weighted by Gasteiger charge is 2.36. The van der Waals surface area contributed by atoms with Crippen molar-refractivity contribution < 1.29 is 9.13 Å². The minimum absolute atomic E-state index is 0.0362. The van der Waals surface area contributed by atoms with E-state index < -0.39 is 11.7 Å². The molecule has 0 fully saturated rings. The van der Waals surface area contributed by atoms with Crippen molar-refractivity contribution in [3.05, 3.63) is 56.8 Å². The fourth-order valence-electron chi connectivity index (χ4n) is 2.90. The molecule has 0 amide bonds. The summed E-state index contributed by atoms with van der Waals surface area (Å²) in [6.07, 6.45) is 2.70. The molecule has 0 bridgehead atoms. The number of fused-ring (bicyclic) bond motifs is 1. The Morgan fingerprint density at radius 2 is 2.29 bits per heavy atom. The molecule has 0 radical (unpaired) electrons. The maximum atomic E-state index is 14.6. The van der Waals surface area contributed by atoms with Gasteiger partial charge in [-0.05, 0) is 25.0 Å². The molecule has 1 unspecified atom stereocenters. The van der Waals surface area contributed by atoms with Crippen molar-refractivity contribution >= 4 is 15.9 Å². The third-order valence-corrected chi connectivity index (χ3v) is 4.56. The van der Waals surface area contributed by atoms with E-state index in [1.807, 2.05) is 0 Å². The number of aryl methyl sites for hydroxylation is 1. The minimum atomic E-state index is -0.627. The quantitative estimate of drug-likeness (QED) is 0.828. The zero-order valence-corrected chi connectivity index (χ0v) is 14.7. The van der Waals surface area contributed by atoms with Crippen molar-refractivity contribution in [3.8, 4) is 11.9 Å². The first-order valence-electron chi connectivity index (χ1n) is 7.66. The normalized spacial score (nSPS) is 16.5. The summed E-state index contributed by atoms with van der Waals surface area (Å²) in [6.45, 7) is 2.09. The van der Waals surface area contributed by atoms with Gasteiger partial charge in [0.15, 0.2) is 0 Å². The topological polar surface area (TPSA) is 87.7 Å². The lowest BCUT2D eigenvalue weighted by Crippen LogP contribution is -2.22. The first-order chi connectivity index (χ1) is 11.6. The average molecular weight is 391 g/mol. The summed E-state index contributed by atoms with van der Waals surface area (Å²) < 4.78 is 20.7. The number of rotatable bonds is 4. The van der Waals surface area contributed by atoms with Gasteiger partial charge in [-0.1, -0.05) is 35.3 Å². The monoisotopic (exact) mass is 390 g/mol. The van der Waals surface area contributed by atoms with E-state index in [4.69, 9.17) is 10.5 Å². The number of benzene rings is 1. The highest BCUT2D eigenvalue weighted by Crippen LogP contribution is 2.44. The average Bonchev–Trinajstić information content (AvgIpc) is 2.94. The highest BCUT2D eigenvalue weighted by atomic mass is 79.9. The van der Waals surface area contributed by atoms with Gasteiger partial charge in [0.2, 0.25) is 11.8 Å². The summed E-state index contributed by atoms with van der Waals surface area (Å²) in [4.78, 5) is 0. The third kappa shape index (κ3) is 2.78. The van der Waals surface area contributed by atoms with E-state index in [1.165, 1.54) is 6.07 Å². The second-order valence-electron chi connectivity index (χ2n) is 5.62. The van der Waals surface area contributed by atoms with Crippen molar-refractivity contribution in [3.63, 3.8) is 0 Å². The Hall–Kier alpha value is -2.33. The Labute approximate surface area is 147 Å². The summed E-state index contributed by atoms with van der Waals surface area (Å²) in [5.74, 6) is -0.765. The summed E-state index contributed by atoms with van der Waals surface area (Å²) in [7, 11) is 0. The molecule has 0 saturated heterocycles. The fraction of sp³-hybridized carbons (Fsp3) is 0.294. The molecule has 7 heteroatoms. The molecule has 3 N–H and O–H groups in total. The van der Waals surface area contributed by atoms with Gasteiger partial charge in [0.1, 0.15) is 17.5 Å². The maximum Gasteiger partial charge on any atom is 0.244 e. The Morgan fingerprint density at radius 1 is 1.50 bits per heavy atom. The number of hydrogen-bond donors (Lipinski definition) is 2. The van der Waals surface area contributed by atoms with E-state index in [1.54, 1.807) is 12.1 Å². The number of allylic oxidation sites excluding steroid dienone is 1. The van der Waals surface area contributed by atoms with Gasteiger partial charge in [-0.3, -0.25) is 5.10 Å². The SMILES string of the molecule is CCCCc1[nH]nc2c1C(c1ccc(Br)cc1F)C(C#N)=C(N)O2. The summed E-state index contributed by atoms with van der Waals surface area (Å²) >= 11 is 3.25. The van der Waals surface area contributed by atoms with Crippen LogP contribution in [0.1, 0.15) is 42.5 Å². The lowest BCUT2D eigenvalue weighted by Gasteiger charge is -2.24. The first kappa shape index (κ1) is 16.5. The second kappa shape index (κ2) is 6.65. The highest BCUT2D eigenvalue weighted by molar-refractivity contribution is 9.10. The summed E-state index contributed by atoms with van der Waals surface area (Å²) in [6, 6.07) is 6.84. The maximum absolute atomic E-state index is 14.6. The number of hydrogen-bond acceptors (Lipinski definition) is 4. The van der Waals surface area contributed by atoms with Crippen LogP contribution >= 0.6 is 15.9 Å². The van der Waals surface area contributed by atoms with Crippen LogP contribution in [0.2, 0.25) is 0 Å². The van der Waals surface area contributed by atoms with E-state index >= 15 is 0 Å². The molecule has 1 aliphatic rings. The number of ether oxygens (including phenoxy) is 1. The van der Waals surface area contributed by atoms with Gasteiger partial charge in [0.05, 0.1) is 11.5 Å². The van der Waals surface area contributed by atoms with E-state index in [9.17, 15) is 9.65 Å². The van der Waals surface area contributed by atoms with Crippen LogP contribution in [0, 0.1) is 17.1 Å². The zero-order valence-electron chi connectivity index (χ0n) is 13.1. The van der Waals surface area contributed by atoms with Gasteiger partial charge in [-0.25, -0.2) is 4.39 Å². The molecular formula is C17H16BrFN4O. The third-order valence-electron chi connectivity index (χ3n) is 4.07. The van der Waals surface area contributed by atoms with Crippen LogP contribution in [0.25, 0.3) is 0 Å². The number of H-pyrrole nitrogens is 1. The van der Waals surface area contributed by atoms with Gasteiger partial charge >= 0.3 is 0 Å². The first-order valence-corrected chi connectivity index (χ1v) is 8.45. The second-order valence-corrected chi connectivity index (χ2v) is 6.53. The van der Waals surface area contributed by atoms with Crippen LogP contribution in [0.5, 0.6) is 5.88 Å². The van der Waals surface area contributed by atoms with Crippen molar-refractivity contribution in [2.45, 2.75) is 32.1 Å². The predicted octanol–water partition coefficient (Wildman–Crippen LogP) is 3.87. The number of nitrogens with zero attached hydrogens (tertiary/aromatic N) is 2. The van der Waals surface area contributed by atoms with Crippen molar-refractivity contribution in [1.82, 2.24) is 10.2 Å². The van der Waals surface area contributed by atoms with Crippen molar-refractivity contribution in [2.24, 2.45) is 5.73 Å². The fourth-order valence-corrected chi connectivity index (χ4v) is 3.23. The zero-order chi connectivity index (χ0) is 17.3. The molecule has 1 atom stereocenters. The molecule has 5 nitrogen and oxygen atoms in total. The van der Waals surface area contributed by atoms with Crippen LogP contribution in [0.15, 0.2) is 34.1 Å². The van der Waals surface area contributed by atoms with E-state index in [-0.39, 0.29) is 11.5 Å². The van der Waals surface area contributed by atoms with Gasteiger partial charge in [0.25, 0.3) is 0 Å². The molecule has 1 aliphatic heterocycles. The number of aromatic nitrogens is 2. The Bertz CT molecular complexity index is 853. The number of aromatic amines is 1. The van der Waals surface area contributed by atoms with Crippen LogP contribution in [0.3, 0.4) is 0 Å². The smallest absolute Gasteiger partial charge is 0.244 e. The number of nitrogens with one attached hydrogen (secondary N) is 1. The van der Waals surface area contributed by atoms with Gasteiger partial charge in [-0.2, -0.15) is 5.26 Å². The van der Waals surface area contributed by atoms with Crippen molar-refractivity contribution in [1.29, 1.82) is 5.26 Å². The summed E-state index contributed by atoms with van der Waals surface area (Å²) in [5, 5.41) is 16.6. The van der Waals surface area contributed by atoms with E-state index in [0.29, 0.717) is 21.5 Å². The Balaban J connectivity index is 2.19. The molecule has 0 spiro atoms. The number of nitriles is 1. The van der Waals surface area contributed by atoms with Crippen molar-refractivity contribution in [2.75, 3.05) is 0 Å². The standard InChI is InChI=1S/C17H16BrFN4O/c1-2-3-4-13-15-14(10-6-5-9(18)7-12(10)19)11(8-20)16(21)24-17(15)23-22-13/h5-7,14H,2-4,21H2,1H3,(H,22,23). The minimum Gasteiger partial charge on any atom is -0.420 e. The van der Waals surface area contributed by atoms with Crippen LogP contribution in [0.4, 0.5) is 4.39 Å². The molecule has 2 aromatic rings. The molecule has 0 aliphatic carbocycles. The van der Waals surface area contributed by atoms with Crippen LogP contribution < -0.4 is 10.5 Å². The summed E-state index contributed by atoms with van der Waals surface area (Å²) in [5.41, 5.74) is 7.98. The molecule has 1 aromatic heterocycles. The van der Waals surface area contributed by atoms with Crippen LogP contribution in [-0.2, 0) is 6.42 Å². The largest absolute Gasteiger partial charge is 0.420 e. The number of nitrogens with two attached hydrogens (primary N) is 1. The predicted molar refractivity (Wildman–Crippen MR) is 90.6 cm³/mol. The molecule has 1 aromatic carbocycles. The van der Waals surface area contributed by atoms with Gasteiger partial charge in [0, 0.05) is 15.7 Å². The molecule has 24 heavy (non-hydrogen) atoms. The lowest BCUT2D eigenvalue weighted by atomic mass is 9.83. The molecule has 3 rings (SSSR count). The lowest BCUT2D eigenvalue weighted by molar-refractivity contribution is 0.377. The number of halogens is 2. The van der Waals surface area contributed by atoms with Gasteiger partial charge < -0.3 is 10.5 Å². The molecule has 124 valence electrons. The van der Waals surface area contributed by atoms with Crippen LogP contribution in [-0.4, -0.2) is 10.2 Å². The molecule has 0 saturated carbocycles. The Kier molecular flexibility index (Phi) is 4.58.